The molecule has 114 valence electrons. The fraction of sp³-hybridized carbons (Fsp3) is 0.438. The summed E-state index contributed by atoms with van der Waals surface area (Å²) in [6.45, 7) is 3.00. The van der Waals surface area contributed by atoms with Crippen LogP contribution in [0.4, 0.5) is 4.39 Å². The Morgan fingerprint density at radius 1 is 1.33 bits per heavy atom. The summed E-state index contributed by atoms with van der Waals surface area (Å²) in [7, 11) is 1.89. The topological polar surface area (TPSA) is 29.9 Å². The number of benzene rings is 1. The Bertz CT molecular complexity index is 562. The van der Waals surface area contributed by atoms with Crippen LogP contribution < -0.4 is 5.32 Å². The molecule has 0 fully saturated rings. The highest BCUT2D eigenvalue weighted by atomic mass is 35.5. The molecule has 1 aromatic carbocycles. The molecule has 1 unspecified atom stereocenters. The van der Waals surface area contributed by atoms with Crippen LogP contribution in [0, 0.1) is 5.82 Å². The summed E-state index contributed by atoms with van der Waals surface area (Å²) in [6.07, 6.45) is 4.26. The molecule has 3 nitrogen and oxygen atoms in total. The molecule has 1 heterocycles. The summed E-state index contributed by atoms with van der Waals surface area (Å²) >= 11 is 6.13. The normalized spacial score (nSPS) is 12.6. The third kappa shape index (κ3) is 4.55. The minimum atomic E-state index is -0.244. The van der Waals surface area contributed by atoms with Crippen molar-refractivity contribution in [3.05, 3.63) is 52.6 Å². The highest BCUT2D eigenvalue weighted by molar-refractivity contribution is 6.31. The van der Waals surface area contributed by atoms with E-state index in [9.17, 15) is 4.39 Å². The third-order valence-electron chi connectivity index (χ3n) is 3.42. The Morgan fingerprint density at radius 3 is 2.76 bits per heavy atom. The van der Waals surface area contributed by atoms with Crippen LogP contribution in [0.15, 0.2) is 30.5 Å². The van der Waals surface area contributed by atoms with Gasteiger partial charge in [-0.2, -0.15) is 5.10 Å². The molecule has 0 aliphatic rings. The van der Waals surface area contributed by atoms with Crippen molar-refractivity contribution in [3.63, 3.8) is 0 Å². The van der Waals surface area contributed by atoms with Crippen molar-refractivity contribution in [1.29, 1.82) is 0 Å². The lowest BCUT2D eigenvalue weighted by atomic mass is 10.0. The number of hydrogen-bond acceptors (Lipinski definition) is 2. The molecule has 2 rings (SSSR count). The van der Waals surface area contributed by atoms with E-state index in [1.807, 2.05) is 19.3 Å². The first-order chi connectivity index (χ1) is 10.1. The summed E-state index contributed by atoms with van der Waals surface area (Å²) in [5.41, 5.74) is 1.57. The molecule has 21 heavy (non-hydrogen) atoms. The minimum Gasteiger partial charge on any atom is -0.313 e. The van der Waals surface area contributed by atoms with E-state index in [2.05, 4.69) is 17.3 Å². The Morgan fingerprint density at radius 2 is 2.14 bits per heavy atom. The van der Waals surface area contributed by atoms with Gasteiger partial charge < -0.3 is 5.32 Å². The number of aromatic nitrogens is 2. The van der Waals surface area contributed by atoms with Gasteiger partial charge in [0.15, 0.2) is 0 Å². The van der Waals surface area contributed by atoms with E-state index in [4.69, 9.17) is 11.6 Å². The molecule has 0 bridgehead atoms. The van der Waals surface area contributed by atoms with Crippen molar-refractivity contribution in [2.75, 3.05) is 6.54 Å². The van der Waals surface area contributed by atoms with Gasteiger partial charge in [-0.1, -0.05) is 24.6 Å². The largest absolute Gasteiger partial charge is 0.313 e. The molecule has 2 aromatic rings. The molecule has 0 aliphatic carbocycles. The second kappa shape index (κ2) is 7.57. The minimum absolute atomic E-state index is 0.120. The van der Waals surface area contributed by atoms with Gasteiger partial charge >= 0.3 is 0 Å². The molecule has 0 saturated heterocycles. The summed E-state index contributed by atoms with van der Waals surface area (Å²) in [6, 6.07) is 6.93. The maximum Gasteiger partial charge on any atom is 0.127 e. The number of rotatable bonds is 7. The van der Waals surface area contributed by atoms with Gasteiger partial charge in [-0.3, -0.25) is 4.68 Å². The molecule has 1 atom stereocenters. The highest BCUT2D eigenvalue weighted by Crippen LogP contribution is 2.21. The zero-order valence-corrected chi connectivity index (χ0v) is 13.2. The van der Waals surface area contributed by atoms with Gasteiger partial charge in [0.05, 0.1) is 5.69 Å². The van der Waals surface area contributed by atoms with Crippen LogP contribution in [0.3, 0.4) is 0 Å². The van der Waals surface area contributed by atoms with Crippen LogP contribution in [0.1, 0.15) is 24.6 Å². The smallest absolute Gasteiger partial charge is 0.127 e. The lowest BCUT2D eigenvalue weighted by Gasteiger charge is -2.18. The first-order valence-electron chi connectivity index (χ1n) is 7.25. The highest BCUT2D eigenvalue weighted by Gasteiger charge is 2.16. The van der Waals surface area contributed by atoms with E-state index in [0.29, 0.717) is 17.0 Å². The van der Waals surface area contributed by atoms with Gasteiger partial charge in [0.1, 0.15) is 5.82 Å². The summed E-state index contributed by atoms with van der Waals surface area (Å²) in [5.74, 6) is -0.244. The van der Waals surface area contributed by atoms with Gasteiger partial charge in [0.2, 0.25) is 0 Å². The van der Waals surface area contributed by atoms with Crippen molar-refractivity contribution < 1.29 is 4.39 Å². The van der Waals surface area contributed by atoms with Crippen molar-refractivity contribution in [2.24, 2.45) is 7.05 Å². The van der Waals surface area contributed by atoms with Crippen molar-refractivity contribution in [1.82, 2.24) is 15.1 Å². The average Bonchev–Trinajstić information content (AvgIpc) is 2.85. The Balaban J connectivity index is 2.12. The maximum absolute atomic E-state index is 13.9. The molecular formula is C16H21ClFN3. The SMILES string of the molecule is CCCNC(Cc1ccn(C)n1)Cc1c(F)cccc1Cl. The van der Waals surface area contributed by atoms with E-state index >= 15 is 0 Å². The standard InChI is InChI=1S/C16H21ClFN3/c1-3-8-19-13(10-12-7-9-21(2)20-12)11-14-15(17)5-4-6-16(14)18/h4-7,9,13,19H,3,8,10-11H2,1-2H3. The summed E-state index contributed by atoms with van der Waals surface area (Å²) < 4.78 is 15.7. The molecule has 0 radical (unpaired) electrons. The van der Waals surface area contributed by atoms with E-state index in [1.165, 1.54) is 6.07 Å². The Kier molecular flexibility index (Phi) is 5.76. The van der Waals surface area contributed by atoms with Crippen LogP contribution in [0.25, 0.3) is 0 Å². The third-order valence-corrected chi connectivity index (χ3v) is 3.77. The fourth-order valence-corrected chi connectivity index (χ4v) is 2.60. The molecular weight excluding hydrogens is 289 g/mol. The van der Waals surface area contributed by atoms with Crippen molar-refractivity contribution in [2.45, 2.75) is 32.2 Å². The lowest BCUT2D eigenvalue weighted by Crippen LogP contribution is -2.34. The van der Waals surface area contributed by atoms with Gasteiger partial charge in [0.25, 0.3) is 0 Å². The lowest BCUT2D eigenvalue weighted by molar-refractivity contribution is 0.486. The van der Waals surface area contributed by atoms with Crippen molar-refractivity contribution >= 4 is 11.6 Å². The molecule has 0 saturated carbocycles. The zero-order chi connectivity index (χ0) is 15.2. The van der Waals surface area contributed by atoms with Crippen LogP contribution in [-0.2, 0) is 19.9 Å². The maximum atomic E-state index is 13.9. The number of nitrogens with zero attached hydrogens (tertiary/aromatic N) is 2. The number of nitrogens with one attached hydrogen (secondary N) is 1. The molecule has 1 aromatic heterocycles. The molecule has 1 N–H and O–H groups in total. The predicted octanol–water partition coefficient (Wildman–Crippen LogP) is 3.37. The van der Waals surface area contributed by atoms with E-state index < -0.39 is 0 Å². The summed E-state index contributed by atoms with van der Waals surface area (Å²) in [5, 5.41) is 8.34. The van der Waals surface area contributed by atoms with Gasteiger partial charge in [-0.25, -0.2) is 4.39 Å². The zero-order valence-electron chi connectivity index (χ0n) is 12.4. The Labute approximate surface area is 130 Å². The van der Waals surface area contributed by atoms with Gasteiger partial charge in [0, 0.05) is 36.3 Å². The quantitative estimate of drug-likeness (QED) is 0.850. The molecule has 5 heteroatoms. The predicted molar refractivity (Wildman–Crippen MR) is 84.1 cm³/mol. The first-order valence-corrected chi connectivity index (χ1v) is 7.62. The molecule has 0 amide bonds. The van der Waals surface area contributed by atoms with Crippen LogP contribution in [0.5, 0.6) is 0 Å². The Hall–Kier alpha value is -1.39. The number of halogens is 2. The molecule has 0 spiro atoms. The van der Waals surface area contributed by atoms with Gasteiger partial charge in [-0.05, 0) is 37.6 Å². The number of aryl methyl sites for hydroxylation is 1. The van der Waals surface area contributed by atoms with E-state index in [0.717, 1.165) is 25.1 Å². The van der Waals surface area contributed by atoms with Crippen LogP contribution >= 0.6 is 11.6 Å². The van der Waals surface area contributed by atoms with Crippen LogP contribution in [0.2, 0.25) is 5.02 Å². The van der Waals surface area contributed by atoms with E-state index in [1.54, 1.807) is 16.8 Å². The molecule has 0 aliphatic heterocycles. The fourth-order valence-electron chi connectivity index (χ4n) is 2.36. The van der Waals surface area contributed by atoms with E-state index in [-0.39, 0.29) is 11.9 Å². The average molecular weight is 310 g/mol. The van der Waals surface area contributed by atoms with Crippen LogP contribution in [-0.4, -0.2) is 22.4 Å². The second-order valence-corrected chi connectivity index (χ2v) is 5.65. The summed E-state index contributed by atoms with van der Waals surface area (Å²) in [4.78, 5) is 0. The van der Waals surface area contributed by atoms with Crippen molar-refractivity contribution in [3.8, 4) is 0 Å². The second-order valence-electron chi connectivity index (χ2n) is 5.24. The first kappa shape index (κ1) is 16.0. The number of hydrogen-bond donors (Lipinski definition) is 1. The monoisotopic (exact) mass is 309 g/mol. The van der Waals surface area contributed by atoms with Gasteiger partial charge in [-0.15, -0.1) is 0 Å².